The first-order valence-electron chi connectivity index (χ1n) is 8.00. The largest absolute Gasteiger partial charge is 0.469 e. The normalized spacial score (nSPS) is 22.9. The molecule has 23 heavy (non-hydrogen) atoms. The summed E-state index contributed by atoms with van der Waals surface area (Å²) in [6.07, 6.45) is 4.83. The van der Waals surface area contributed by atoms with E-state index >= 15 is 0 Å². The zero-order valence-corrected chi connectivity index (χ0v) is 14.5. The number of esters is 1. The number of hydrogen-bond donors (Lipinski definition) is 0. The van der Waals surface area contributed by atoms with E-state index in [9.17, 15) is 19.7 Å². The van der Waals surface area contributed by atoms with Crippen LogP contribution in [0, 0.1) is 21.4 Å². The highest BCUT2D eigenvalue weighted by molar-refractivity contribution is 5.73. The summed E-state index contributed by atoms with van der Waals surface area (Å²) in [5, 5.41) is 11.8. The maximum atomic E-state index is 11.8. The Hall–Kier alpha value is -1.72. The molecule has 1 aliphatic carbocycles. The third kappa shape index (κ3) is 5.15. The van der Waals surface area contributed by atoms with Crippen LogP contribution >= 0.6 is 0 Å². The predicted octanol–water partition coefficient (Wildman–Crippen LogP) is 3.32. The third-order valence-electron chi connectivity index (χ3n) is 4.86. The van der Waals surface area contributed by atoms with Crippen molar-refractivity contribution in [1.82, 2.24) is 0 Å². The number of carbonyl (C=O) groups is 2. The van der Waals surface area contributed by atoms with Crippen molar-refractivity contribution in [2.45, 2.75) is 64.8 Å². The van der Waals surface area contributed by atoms with Crippen molar-refractivity contribution in [3.8, 4) is 0 Å². The summed E-state index contributed by atoms with van der Waals surface area (Å²) in [5.74, 6) is -0.301. The zero-order chi connectivity index (χ0) is 17.7. The van der Waals surface area contributed by atoms with E-state index in [4.69, 9.17) is 0 Å². The van der Waals surface area contributed by atoms with Gasteiger partial charge in [-0.3, -0.25) is 19.7 Å². The number of rotatable bonds is 7. The van der Waals surface area contributed by atoms with Gasteiger partial charge in [-0.25, -0.2) is 0 Å². The summed E-state index contributed by atoms with van der Waals surface area (Å²) in [6, 6.07) is 0. The Morgan fingerprint density at radius 2 is 2.17 bits per heavy atom. The molecule has 0 aliphatic heterocycles. The van der Waals surface area contributed by atoms with E-state index in [1.54, 1.807) is 6.08 Å². The van der Waals surface area contributed by atoms with Gasteiger partial charge < -0.3 is 4.74 Å². The van der Waals surface area contributed by atoms with E-state index in [0.717, 1.165) is 6.29 Å². The Balaban J connectivity index is 2.97. The number of allylic oxidation sites excluding steroid dienone is 1. The summed E-state index contributed by atoms with van der Waals surface area (Å²) in [6.45, 7) is 6.09. The summed E-state index contributed by atoms with van der Waals surface area (Å²) in [4.78, 5) is 34.0. The summed E-state index contributed by atoms with van der Waals surface area (Å²) in [5.41, 5.74) is -0.771. The molecule has 0 spiro atoms. The molecule has 6 nitrogen and oxygen atoms in total. The number of hydrogen-bond acceptors (Lipinski definition) is 5. The van der Waals surface area contributed by atoms with Gasteiger partial charge in [0.2, 0.25) is 5.54 Å². The van der Waals surface area contributed by atoms with E-state index in [1.165, 1.54) is 7.11 Å². The van der Waals surface area contributed by atoms with Gasteiger partial charge in [0.05, 0.1) is 7.11 Å². The van der Waals surface area contributed by atoms with Gasteiger partial charge >= 0.3 is 5.97 Å². The fourth-order valence-corrected chi connectivity index (χ4v) is 3.26. The van der Waals surface area contributed by atoms with Crippen LogP contribution in [-0.4, -0.2) is 29.8 Å². The molecular weight excluding hydrogens is 298 g/mol. The second kappa shape index (κ2) is 7.70. The van der Waals surface area contributed by atoms with E-state index in [0.29, 0.717) is 31.3 Å². The number of nitrogens with zero attached hydrogens (tertiary/aromatic N) is 1. The van der Waals surface area contributed by atoms with E-state index in [-0.39, 0.29) is 35.1 Å². The van der Waals surface area contributed by atoms with Gasteiger partial charge in [0.25, 0.3) is 0 Å². The molecule has 0 aromatic rings. The van der Waals surface area contributed by atoms with Crippen LogP contribution in [0.1, 0.15) is 59.3 Å². The smallest absolute Gasteiger partial charge is 0.305 e. The van der Waals surface area contributed by atoms with Gasteiger partial charge in [0.1, 0.15) is 6.29 Å². The number of methoxy groups -OCH3 is 1. The monoisotopic (exact) mass is 325 g/mol. The minimum atomic E-state index is -1.11. The molecule has 0 saturated carbocycles. The lowest BCUT2D eigenvalue weighted by Crippen LogP contribution is -2.44. The number of aldehydes is 1. The van der Waals surface area contributed by atoms with E-state index in [2.05, 4.69) is 4.74 Å². The Morgan fingerprint density at radius 3 is 2.65 bits per heavy atom. The molecular formula is C17H27NO5. The van der Waals surface area contributed by atoms with Crippen molar-refractivity contribution < 1.29 is 19.2 Å². The first kappa shape index (κ1) is 19.3. The summed E-state index contributed by atoms with van der Waals surface area (Å²) >= 11 is 0. The molecule has 2 atom stereocenters. The minimum Gasteiger partial charge on any atom is -0.469 e. The quantitative estimate of drug-likeness (QED) is 0.310. The molecule has 0 N–H and O–H groups in total. The highest BCUT2D eigenvalue weighted by Crippen LogP contribution is 2.42. The molecule has 0 aromatic carbocycles. The molecule has 0 amide bonds. The first-order chi connectivity index (χ1) is 10.6. The Morgan fingerprint density at radius 1 is 1.52 bits per heavy atom. The average molecular weight is 325 g/mol. The second-order valence-corrected chi connectivity index (χ2v) is 7.48. The molecule has 1 aliphatic rings. The van der Waals surface area contributed by atoms with Crippen molar-refractivity contribution in [2.24, 2.45) is 11.3 Å². The molecule has 0 aromatic heterocycles. The SMILES string of the molecule is COC(=O)CCC(CC1([N+](=O)[O-])CCC=C(C=O)C1)C(C)(C)C. The van der Waals surface area contributed by atoms with Crippen LogP contribution in [0.3, 0.4) is 0 Å². The maximum absolute atomic E-state index is 11.8. The maximum Gasteiger partial charge on any atom is 0.305 e. The van der Waals surface area contributed by atoms with Crippen LogP contribution in [0.5, 0.6) is 0 Å². The lowest BCUT2D eigenvalue weighted by molar-refractivity contribution is -0.575. The van der Waals surface area contributed by atoms with Crippen molar-refractivity contribution >= 4 is 12.3 Å². The fourth-order valence-electron chi connectivity index (χ4n) is 3.26. The highest BCUT2D eigenvalue weighted by Gasteiger charge is 2.48. The molecule has 0 saturated heterocycles. The van der Waals surface area contributed by atoms with Gasteiger partial charge in [0, 0.05) is 30.6 Å². The van der Waals surface area contributed by atoms with Crippen LogP contribution in [0.4, 0.5) is 0 Å². The van der Waals surface area contributed by atoms with Crippen molar-refractivity contribution in [1.29, 1.82) is 0 Å². The Labute approximate surface area is 137 Å². The minimum absolute atomic E-state index is 0.00185. The second-order valence-electron chi connectivity index (χ2n) is 7.48. The van der Waals surface area contributed by atoms with Crippen LogP contribution in [-0.2, 0) is 14.3 Å². The highest BCUT2D eigenvalue weighted by atomic mass is 16.6. The predicted molar refractivity (Wildman–Crippen MR) is 86.5 cm³/mol. The van der Waals surface area contributed by atoms with Gasteiger partial charge in [0.15, 0.2) is 0 Å². The van der Waals surface area contributed by atoms with Crippen molar-refractivity contribution in [2.75, 3.05) is 7.11 Å². The van der Waals surface area contributed by atoms with Gasteiger partial charge in [-0.15, -0.1) is 0 Å². The lowest BCUT2D eigenvalue weighted by Gasteiger charge is -2.37. The third-order valence-corrected chi connectivity index (χ3v) is 4.86. The lowest BCUT2D eigenvalue weighted by atomic mass is 9.68. The molecule has 130 valence electrons. The summed E-state index contributed by atoms with van der Waals surface area (Å²) < 4.78 is 4.68. The van der Waals surface area contributed by atoms with Crippen LogP contribution in [0.2, 0.25) is 0 Å². The molecule has 0 radical (unpaired) electrons. The number of ether oxygens (including phenoxy) is 1. The Kier molecular flexibility index (Phi) is 6.47. The van der Waals surface area contributed by atoms with Crippen molar-refractivity contribution in [3.05, 3.63) is 21.8 Å². The van der Waals surface area contributed by atoms with Gasteiger partial charge in [-0.05, 0) is 29.7 Å². The Bertz CT molecular complexity index is 492. The topological polar surface area (TPSA) is 86.5 Å². The fraction of sp³-hybridized carbons (Fsp3) is 0.765. The number of carbonyl (C=O) groups excluding carboxylic acids is 2. The van der Waals surface area contributed by atoms with E-state index in [1.807, 2.05) is 20.8 Å². The standard InChI is InChI=1S/C17H27NO5/c1-16(2,3)14(7-8-15(20)23-4)11-17(18(21)22)9-5-6-13(10-17)12-19/h6,12,14H,5,7-11H2,1-4H3. The van der Waals surface area contributed by atoms with Crippen LogP contribution in [0.25, 0.3) is 0 Å². The van der Waals surface area contributed by atoms with Crippen LogP contribution < -0.4 is 0 Å². The molecule has 6 heteroatoms. The molecule has 0 bridgehead atoms. The average Bonchev–Trinajstić information content (AvgIpc) is 2.49. The molecule has 0 heterocycles. The molecule has 1 rings (SSSR count). The van der Waals surface area contributed by atoms with Crippen LogP contribution in [0.15, 0.2) is 11.6 Å². The zero-order valence-electron chi connectivity index (χ0n) is 14.5. The molecule has 0 fully saturated rings. The first-order valence-corrected chi connectivity index (χ1v) is 8.00. The number of nitro groups is 1. The van der Waals surface area contributed by atoms with Gasteiger partial charge in [-0.2, -0.15) is 0 Å². The van der Waals surface area contributed by atoms with E-state index < -0.39 is 5.54 Å². The molecule has 2 unspecified atom stereocenters. The van der Waals surface area contributed by atoms with Crippen molar-refractivity contribution in [3.63, 3.8) is 0 Å². The van der Waals surface area contributed by atoms with Gasteiger partial charge in [-0.1, -0.05) is 26.8 Å². The summed E-state index contributed by atoms with van der Waals surface area (Å²) in [7, 11) is 1.34.